The average molecular weight is 426 g/mol. The highest BCUT2D eigenvalue weighted by Crippen LogP contribution is 2.37. The molecule has 0 spiro atoms. The molecule has 1 aliphatic rings. The van der Waals surface area contributed by atoms with Crippen molar-refractivity contribution in [3.8, 4) is 0 Å². The first-order valence-corrected chi connectivity index (χ1v) is 9.50. The summed E-state index contributed by atoms with van der Waals surface area (Å²) in [5, 5.41) is 15.3. The molecule has 0 amide bonds. The van der Waals surface area contributed by atoms with Crippen LogP contribution in [0.1, 0.15) is 24.8 Å². The van der Waals surface area contributed by atoms with Crippen LogP contribution >= 0.6 is 0 Å². The number of aryl methyl sites for hydroxylation is 1. The third-order valence-electron chi connectivity index (χ3n) is 5.00. The molecular formula is C19H21F3N4O4. The molecule has 8 nitrogen and oxygen atoms in total. The number of alkyl halides is 3. The van der Waals surface area contributed by atoms with Gasteiger partial charge in [0.1, 0.15) is 5.69 Å². The molecule has 0 N–H and O–H groups in total. The monoisotopic (exact) mass is 426 g/mol. The van der Waals surface area contributed by atoms with Crippen LogP contribution in [-0.4, -0.2) is 40.4 Å². The number of benzene rings is 1. The fourth-order valence-electron chi connectivity index (χ4n) is 3.42. The number of nitro groups is 1. The van der Waals surface area contributed by atoms with E-state index >= 15 is 0 Å². The molecule has 0 aliphatic carbocycles. The van der Waals surface area contributed by atoms with Crippen molar-refractivity contribution in [3.63, 3.8) is 0 Å². The van der Waals surface area contributed by atoms with Crippen LogP contribution in [0, 0.1) is 16.0 Å². The number of nitro benzene ring substituents is 1. The Hall–Kier alpha value is -3.11. The van der Waals surface area contributed by atoms with Gasteiger partial charge >= 0.3 is 12.1 Å². The van der Waals surface area contributed by atoms with E-state index in [1.807, 2.05) is 6.20 Å². The summed E-state index contributed by atoms with van der Waals surface area (Å²) in [5.41, 5.74) is -1.53. The molecule has 0 unspecified atom stereocenters. The summed E-state index contributed by atoms with van der Waals surface area (Å²) in [4.78, 5) is 24.3. The standard InChI is InChI=1S/C19H21F3N4O4/c20-19(21,22)15-3-4-16(17(13-15)26(28)29)24-10-5-14(6-11-24)18(27)30-12-2-9-25-8-1-7-23-25/h1,3-4,7-8,13-14H,2,5-6,9-12H2. The first-order chi connectivity index (χ1) is 14.3. The van der Waals surface area contributed by atoms with Crippen LogP contribution in [-0.2, 0) is 22.3 Å². The van der Waals surface area contributed by atoms with Crippen LogP contribution < -0.4 is 4.90 Å². The summed E-state index contributed by atoms with van der Waals surface area (Å²) in [7, 11) is 0. The van der Waals surface area contributed by atoms with Gasteiger partial charge in [0.05, 0.1) is 23.0 Å². The lowest BCUT2D eigenvalue weighted by molar-refractivity contribution is -0.384. The van der Waals surface area contributed by atoms with Crippen LogP contribution in [0.3, 0.4) is 0 Å². The second kappa shape index (κ2) is 9.14. The van der Waals surface area contributed by atoms with Crippen molar-refractivity contribution in [1.29, 1.82) is 0 Å². The van der Waals surface area contributed by atoms with Gasteiger partial charge in [-0.3, -0.25) is 19.6 Å². The van der Waals surface area contributed by atoms with Gasteiger partial charge in [0.2, 0.25) is 0 Å². The number of carbonyl (C=O) groups excluding carboxylic acids is 1. The van der Waals surface area contributed by atoms with E-state index in [0.29, 0.717) is 45.0 Å². The zero-order valence-electron chi connectivity index (χ0n) is 16.0. The zero-order chi connectivity index (χ0) is 21.7. The van der Waals surface area contributed by atoms with Crippen molar-refractivity contribution in [1.82, 2.24) is 9.78 Å². The van der Waals surface area contributed by atoms with Crippen LogP contribution in [0.25, 0.3) is 0 Å². The van der Waals surface area contributed by atoms with Crippen LogP contribution in [0.4, 0.5) is 24.5 Å². The fourth-order valence-corrected chi connectivity index (χ4v) is 3.42. The first-order valence-electron chi connectivity index (χ1n) is 9.50. The van der Waals surface area contributed by atoms with E-state index in [4.69, 9.17) is 4.74 Å². The molecule has 1 fully saturated rings. The van der Waals surface area contributed by atoms with Crippen LogP contribution in [0.5, 0.6) is 0 Å². The number of esters is 1. The highest BCUT2D eigenvalue weighted by Gasteiger charge is 2.35. The summed E-state index contributed by atoms with van der Waals surface area (Å²) in [6.45, 7) is 1.54. The molecule has 1 aromatic heterocycles. The summed E-state index contributed by atoms with van der Waals surface area (Å²) in [5.74, 6) is -0.656. The van der Waals surface area contributed by atoms with E-state index in [-0.39, 0.29) is 24.2 Å². The Kier molecular flexibility index (Phi) is 6.58. The Morgan fingerprint density at radius 2 is 2.03 bits per heavy atom. The molecule has 0 bridgehead atoms. The van der Waals surface area contributed by atoms with E-state index in [1.54, 1.807) is 21.8 Å². The van der Waals surface area contributed by atoms with Gasteiger partial charge in [-0.05, 0) is 31.0 Å². The lowest BCUT2D eigenvalue weighted by atomic mass is 9.96. The second-order valence-electron chi connectivity index (χ2n) is 7.01. The quantitative estimate of drug-likeness (QED) is 0.291. The van der Waals surface area contributed by atoms with Gasteiger partial charge in [0.15, 0.2) is 0 Å². The summed E-state index contributed by atoms with van der Waals surface area (Å²) >= 11 is 0. The molecule has 11 heteroatoms. The number of rotatable bonds is 7. The molecule has 30 heavy (non-hydrogen) atoms. The lowest BCUT2D eigenvalue weighted by Gasteiger charge is -2.32. The lowest BCUT2D eigenvalue weighted by Crippen LogP contribution is -2.37. The molecule has 162 valence electrons. The highest BCUT2D eigenvalue weighted by atomic mass is 19.4. The summed E-state index contributed by atoms with van der Waals surface area (Å²) < 4.78 is 45.6. The van der Waals surface area contributed by atoms with Crippen molar-refractivity contribution in [2.24, 2.45) is 5.92 Å². The van der Waals surface area contributed by atoms with E-state index in [0.717, 1.165) is 12.1 Å². The van der Waals surface area contributed by atoms with Gasteiger partial charge < -0.3 is 9.64 Å². The maximum atomic E-state index is 12.9. The fraction of sp³-hybridized carbons (Fsp3) is 0.474. The number of anilines is 1. The maximum absolute atomic E-state index is 12.9. The molecular weight excluding hydrogens is 405 g/mol. The van der Waals surface area contributed by atoms with Crippen molar-refractivity contribution < 1.29 is 27.6 Å². The van der Waals surface area contributed by atoms with Crippen LogP contribution in [0.2, 0.25) is 0 Å². The largest absolute Gasteiger partial charge is 0.465 e. The minimum atomic E-state index is -4.66. The maximum Gasteiger partial charge on any atom is 0.416 e. The molecule has 2 aromatic rings. The van der Waals surface area contributed by atoms with Crippen molar-refractivity contribution in [2.75, 3.05) is 24.6 Å². The molecule has 1 aromatic carbocycles. The number of nitrogens with zero attached hydrogens (tertiary/aromatic N) is 4. The van der Waals surface area contributed by atoms with E-state index < -0.39 is 22.4 Å². The van der Waals surface area contributed by atoms with Crippen molar-refractivity contribution in [2.45, 2.75) is 32.0 Å². The number of piperidine rings is 1. The molecule has 2 heterocycles. The SMILES string of the molecule is O=C(OCCCn1cccn1)C1CCN(c2ccc(C(F)(F)F)cc2[N+](=O)[O-])CC1. The van der Waals surface area contributed by atoms with Crippen molar-refractivity contribution in [3.05, 3.63) is 52.3 Å². The Morgan fingerprint density at radius 3 is 2.63 bits per heavy atom. The molecule has 0 atom stereocenters. The minimum Gasteiger partial charge on any atom is -0.465 e. The van der Waals surface area contributed by atoms with Gasteiger partial charge in [0, 0.05) is 44.5 Å². The second-order valence-corrected chi connectivity index (χ2v) is 7.01. The van der Waals surface area contributed by atoms with Gasteiger partial charge in [-0.2, -0.15) is 18.3 Å². The first kappa shape index (κ1) is 21.6. The highest BCUT2D eigenvalue weighted by molar-refractivity contribution is 5.73. The Bertz CT molecular complexity index is 878. The van der Waals surface area contributed by atoms with Gasteiger partial charge in [0.25, 0.3) is 5.69 Å². The number of aromatic nitrogens is 2. The zero-order valence-corrected chi connectivity index (χ0v) is 16.0. The molecule has 1 aliphatic heterocycles. The number of halogens is 3. The molecule has 0 radical (unpaired) electrons. The average Bonchev–Trinajstić information content (AvgIpc) is 3.23. The predicted octanol–water partition coefficient (Wildman–Crippen LogP) is 3.66. The van der Waals surface area contributed by atoms with E-state index in [1.165, 1.54) is 0 Å². The Balaban J connectivity index is 1.53. The van der Waals surface area contributed by atoms with E-state index in [9.17, 15) is 28.1 Å². The Labute approximate surface area is 170 Å². The van der Waals surface area contributed by atoms with Gasteiger partial charge in [-0.25, -0.2) is 0 Å². The number of hydrogen-bond acceptors (Lipinski definition) is 6. The molecule has 0 saturated carbocycles. The Morgan fingerprint density at radius 1 is 1.30 bits per heavy atom. The summed E-state index contributed by atoms with van der Waals surface area (Å²) in [6, 6.07) is 4.31. The number of carbonyl (C=O) groups is 1. The molecule has 1 saturated heterocycles. The molecule has 3 rings (SSSR count). The minimum absolute atomic E-state index is 0.124. The van der Waals surface area contributed by atoms with Gasteiger partial charge in [-0.1, -0.05) is 0 Å². The third kappa shape index (κ3) is 5.28. The smallest absolute Gasteiger partial charge is 0.416 e. The topological polar surface area (TPSA) is 90.5 Å². The third-order valence-corrected chi connectivity index (χ3v) is 5.00. The normalized spacial score (nSPS) is 15.2. The number of hydrogen-bond donors (Lipinski definition) is 0. The van der Waals surface area contributed by atoms with E-state index in [2.05, 4.69) is 5.10 Å². The van der Waals surface area contributed by atoms with Crippen LogP contribution in [0.15, 0.2) is 36.7 Å². The summed E-state index contributed by atoms with van der Waals surface area (Å²) in [6.07, 6.45) is 0.284. The van der Waals surface area contributed by atoms with Gasteiger partial charge in [-0.15, -0.1) is 0 Å². The predicted molar refractivity (Wildman–Crippen MR) is 101 cm³/mol. The number of ether oxygens (including phenoxy) is 1. The van der Waals surface area contributed by atoms with Crippen molar-refractivity contribution >= 4 is 17.3 Å².